The van der Waals surface area contributed by atoms with Crippen molar-refractivity contribution < 1.29 is 4.79 Å². The molecule has 92 valence electrons. The van der Waals surface area contributed by atoms with Crippen molar-refractivity contribution in [1.82, 2.24) is 9.97 Å². The molecule has 3 heteroatoms. The van der Waals surface area contributed by atoms with Crippen LogP contribution in [-0.4, -0.2) is 15.8 Å². The second kappa shape index (κ2) is 5.39. The lowest BCUT2D eigenvalue weighted by Crippen LogP contribution is -2.14. The molecular formula is C14H20N2O. The van der Waals surface area contributed by atoms with E-state index in [0.29, 0.717) is 6.42 Å². The van der Waals surface area contributed by atoms with Gasteiger partial charge in [0.1, 0.15) is 12.1 Å². The molecule has 3 nitrogen and oxygen atoms in total. The van der Waals surface area contributed by atoms with E-state index in [-0.39, 0.29) is 11.7 Å². The van der Waals surface area contributed by atoms with Gasteiger partial charge in [-0.2, -0.15) is 0 Å². The van der Waals surface area contributed by atoms with Crippen LogP contribution in [0.3, 0.4) is 0 Å². The molecule has 17 heavy (non-hydrogen) atoms. The summed E-state index contributed by atoms with van der Waals surface area (Å²) in [6.45, 7) is 3.89. The van der Waals surface area contributed by atoms with Crippen molar-refractivity contribution in [3.8, 4) is 0 Å². The third-order valence-electron chi connectivity index (χ3n) is 3.65. The average Bonchev–Trinajstić information content (AvgIpc) is 2.61. The van der Waals surface area contributed by atoms with E-state index in [0.717, 1.165) is 18.5 Å². The number of Topliss-reactive ketones (excluding diaryl/α,β-unsaturated/α-hetero) is 1. The van der Waals surface area contributed by atoms with E-state index in [4.69, 9.17) is 0 Å². The highest BCUT2D eigenvalue weighted by Crippen LogP contribution is 2.26. The molecule has 2 rings (SSSR count). The van der Waals surface area contributed by atoms with Crippen LogP contribution in [0.5, 0.6) is 0 Å². The monoisotopic (exact) mass is 232 g/mol. The minimum absolute atomic E-state index is 0.0742. The van der Waals surface area contributed by atoms with Crippen LogP contribution >= 0.6 is 0 Å². The first-order valence-electron chi connectivity index (χ1n) is 6.59. The van der Waals surface area contributed by atoms with Crippen molar-refractivity contribution in [2.24, 2.45) is 0 Å². The smallest absolute Gasteiger partial charge is 0.141 e. The Kier molecular flexibility index (Phi) is 3.87. The number of carbonyl (C=O) groups excluding carboxylic acids is 1. The highest BCUT2D eigenvalue weighted by atomic mass is 16.1. The molecule has 1 atom stereocenters. The molecule has 1 aromatic rings. The minimum atomic E-state index is -0.0742. The lowest BCUT2D eigenvalue weighted by Gasteiger charge is -2.15. The summed E-state index contributed by atoms with van der Waals surface area (Å²) in [7, 11) is 0. The van der Waals surface area contributed by atoms with Crippen LogP contribution < -0.4 is 0 Å². The van der Waals surface area contributed by atoms with E-state index in [2.05, 4.69) is 9.97 Å². The summed E-state index contributed by atoms with van der Waals surface area (Å²) in [5.74, 6) is 0.199. The molecule has 0 radical (unpaired) electrons. The first-order valence-corrected chi connectivity index (χ1v) is 6.59. The highest BCUT2D eigenvalue weighted by Gasteiger charge is 2.21. The molecule has 0 amide bonds. The first-order chi connectivity index (χ1) is 8.24. The van der Waals surface area contributed by atoms with Crippen molar-refractivity contribution in [2.45, 2.75) is 58.3 Å². The summed E-state index contributed by atoms with van der Waals surface area (Å²) < 4.78 is 0. The second-order valence-corrected chi connectivity index (χ2v) is 4.79. The molecule has 0 N–H and O–H groups in total. The fourth-order valence-corrected chi connectivity index (χ4v) is 2.56. The molecule has 0 saturated carbocycles. The Morgan fingerprint density at radius 2 is 2.06 bits per heavy atom. The molecule has 1 heterocycles. The second-order valence-electron chi connectivity index (χ2n) is 4.79. The molecule has 0 spiro atoms. The van der Waals surface area contributed by atoms with Gasteiger partial charge in [0.05, 0.1) is 11.6 Å². The van der Waals surface area contributed by atoms with E-state index >= 15 is 0 Å². The zero-order chi connectivity index (χ0) is 12.3. The summed E-state index contributed by atoms with van der Waals surface area (Å²) >= 11 is 0. The molecular weight excluding hydrogens is 212 g/mol. The van der Waals surface area contributed by atoms with Gasteiger partial charge in [0.15, 0.2) is 0 Å². The molecule has 1 aromatic heterocycles. The van der Waals surface area contributed by atoms with Crippen molar-refractivity contribution >= 4 is 5.78 Å². The Morgan fingerprint density at radius 3 is 2.82 bits per heavy atom. The van der Waals surface area contributed by atoms with Gasteiger partial charge in [0.25, 0.3) is 0 Å². The highest BCUT2D eigenvalue weighted by molar-refractivity contribution is 5.84. The minimum Gasteiger partial charge on any atom is -0.299 e. The van der Waals surface area contributed by atoms with E-state index in [1.165, 1.54) is 30.5 Å². The predicted octanol–water partition coefficient (Wildman–Crippen LogP) is 2.83. The van der Waals surface area contributed by atoms with Gasteiger partial charge < -0.3 is 0 Å². The molecule has 0 fully saturated rings. The molecule has 0 saturated heterocycles. The Labute approximate surface area is 103 Å². The summed E-state index contributed by atoms with van der Waals surface area (Å²) in [6.07, 6.45) is 7.94. The average molecular weight is 232 g/mol. The number of aryl methyl sites for hydroxylation is 1. The maximum Gasteiger partial charge on any atom is 0.141 e. The van der Waals surface area contributed by atoms with Gasteiger partial charge in [-0.15, -0.1) is 0 Å². The number of hydrogen-bond acceptors (Lipinski definition) is 3. The predicted molar refractivity (Wildman–Crippen MR) is 67.0 cm³/mol. The standard InChI is InChI=1S/C14H20N2O/c1-3-13(17)10(2)14-11-7-5-4-6-8-12(11)15-9-16-14/h9-10H,3-8H2,1-2H3. The van der Waals surface area contributed by atoms with Gasteiger partial charge in [-0.3, -0.25) is 4.79 Å². The zero-order valence-electron chi connectivity index (χ0n) is 10.7. The normalized spacial score (nSPS) is 17.1. The Balaban J connectivity index is 2.37. The van der Waals surface area contributed by atoms with Gasteiger partial charge in [-0.1, -0.05) is 13.3 Å². The summed E-state index contributed by atoms with van der Waals surface area (Å²) in [4.78, 5) is 20.6. The maximum absolute atomic E-state index is 11.8. The summed E-state index contributed by atoms with van der Waals surface area (Å²) in [5.41, 5.74) is 3.39. The lowest BCUT2D eigenvalue weighted by molar-refractivity contribution is -0.119. The van der Waals surface area contributed by atoms with Gasteiger partial charge in [0, 0.05) is 12.1 Å². The molecule has 1 aliphatic rings. The van der Waals surface area contributed by atoms with Gasteiger partial charge >= 0.3 is 0 Å². The largest absolute Gasteiger partial charge is 0.299 e. The lowest BCUT2D eigenvalue weighted by atomic mass is 9.93. The maximum atomic E-state index is 11.8. The molecule has 1 unspecified atom stereocenters. The molecule has 0 aromatic carbocycles. The number of carbonyl (C=O) groups is 1. The SMILES string of the molecule is CCC(=O)C(C)c1ncnc2c1CCCCC2. The van der Waals surface area contributed by atoms with Crippen molar-refractivity contribution in [1.29, 1.82) is 0 Å². The number of hydrogen-bond donors (Lipinski definition) is 0. The van der Waals surface area contributed by atoms with Crippen molar-refractivity contribution in [2.75, 3.05) is 0 Å². The first kappa shape index (κ1) is 12.2. The van der Waals surface area contributed by atoms with E-state index in [9.17, 15) is 4.79 Å². The number of rotatable bonds is 3. The fourth-order valence-electron chi connectivity index (χ4n) is 2.56. The third kappa shape index (κ3) is 2.54. The Bertz CT molecular complexity index is 415. The van der Waals surface area contributed by atoms with Crippen molar-refractivity contribution in [3.05, 3.63) is 23.3 Å². The van der Waals surface area contributed by atoms with Crippen LogP contribution in [0.25, 0.3) is 0 Å². The number of ketones is 1. The van der Waals surface area contributed by atoms with E-state index < -0.39 is 0 Å². The van der Waals surface area contributed by atoms with Crippen LogP contribution in [0.1, 0.15) is 62.4 Å². The topological polar surface area (TPSA) is 42.9 Å². The summed E-state index contributed by atoms with van der Waals surface area (Å²) in [6, 6.07) is 0. The number of aromatic nitrogens is 2. The van der Waals surface area contributed by atoms with E-state index in [1.807, 2.05) is 13.8 Å². The molecule has 0 bridgehead atoms. The summed E-state index contributed by atoms with van der Waals surface area (Å²) in [5, 5.41) is 0. The van der Waals surface area contributed by atoms with Crippen LogP contribution in [0.4, 0.5) is 0 Å². The Hall–Kier alpha value is -1.25. The van der Waals surface area contributed by atoms with Crippen molar-refractivity contribution in [3.63, 3.8) is 0 Å². The Morgan fingerprint density at radius 1 is 1.29 bits per heavy atom. The van der Waals surface area contributed by atoms with Crippen LogP contribution in [-0.2, 0) is 17.6 Å². The zero-order valence-corrected chi connectivity index (χ0v) is 10.7. The van der Waals surface area contributed by atoms with Crippen LogP contribution in [0.15, 0.2) is 6.33 Å². The molecule has 0 aliphatic heterocycles. The van der Waals surface area contributed by atoms with Gasteiger partial charge in [0.2, 0.25) is 0 Å². The van der Waals surface area contributed by atoms with Gasteiger partial charge in [-0.25, -0.2) is 9.97 Å². The van der Waals surface area contributed by atoms with E-state index in [1.54, 1.807) is 6.33 Å². The third-order valence-corrected chi connectivity index (χ3v) is 3.65. The van der Waals surface area contributed by atoms with Gasteiger partial charge in [-0.05, 0) is 38.2 Å². The molecule has 1 aliphatic carbocycles. The van der Waals surface area contributed by atoms with Crippen LogP contribution in [0.2, 0.25) is 0 Å². The van der Waals surface area contributed by atoms with Crippen LogP contribution in [0, 0.1) is 0 Å². The quantitative estimate of drug-likeness (QED) is 0.753. The number of nitrogens with zero attached hydrogens (tertiary/aromatic N) is 2. The number of fused-ring (bicyclic) bond motifs is 1. The fraction of sp³-hybridized carbons (Fsp3) is 0.643.